The first-order chi connectivity index (χ1) is 10.1. The van der Waals surface area contributed by atoms with Crippen LogP contribution in [0.25, 0.3) is 10.9 Å². The summed E-state index contributed by atoms with van der Waals surface area (Å²) in [5, 5.41) is 1.19. The number of aromatic nitrogens is 1. The van der Waals surface area contributed by atoms with Crippen molar-refractivity contribution < 1.29 is 4.74 Å². The predicted molar refractivity (Wildman–Crippen MR) is 88.8 cm³/mol. The molecule has 2 aromatic rings. The number of aryl methyl sites for hydroxylation is 1. The fraction of sp³-hybridized carbons (Fsp3) is 0.500. The van der Waals surface area contributed by atoms with Crippen LogP contribution < -0.4 is 10.5 Å². The number of unbranched alkanes of at least 4 members (excludes halogenated alkanes) is 1. The molecule has 0 bridgehead atoms. The standard InChI is InChI=1S/C18H26N2O/c1-4-5-8-21-16-6-7-18-17(11-16)15(9-13(2)12-19)10-14(3)20-18/h6-7,10-11,13H,4-5,8-9,12,19H2,1-3H3. The van der Waals surface area contributed by atoms with Crippen LogP contribution in [0.5, 0.6) is 5.75 Å². The molecule has 1 heterocycles. The summed E-state index contributed by atoms with van der Waals surface area (Å²) in [7, 11) is 0. The summed E-state index contributed by atoms with van der Waals surface area (Å²) in [6, 6.07) is 8.36. The zero-order chi connectivity index (χ0) is 15.2. The molecule has 0 saturated heterocycles. The average molecular weight is 286 g/mol. The van der Waals surface area contributed by atoms with Crippen LogP contribution in [0.4, 0.5) is 0 Å². The summed E-state index contributed by atoms with van der Waals surface area (Å²) in [6.07, 6.45) is 3.21. The Kier molecular flexibility index (Phi) is 5.57. The van der Waals surface area contributed by atoms with E-state index in [1.54, 1.807) is 0 Å². The van der Waals surface area contributed by atoms with Crippen LogP contribution in [0, 0.1) is 12.8 Å². The van der Waals surface area contributed by atoms with Gasteiger partial charge in [-0.1, -0.05) is 20.3 Å². The van der Waals surface area contributed by atoms with Crippen molar-refractivity contribution in [3.63, 3.8) is 0 Å². The zero-order valence-electron chi connectivity index (χ0n) is 13.4. The van der Waals surface area contributed by atoms with Crippen molar-refractivity contribution >= 4 is 10.9 Å². The maximum atomic E-state index is 5.82. The highest BCUT2D eigenvalue weighted by Gasteiger charge is 2.09. The molecule has 3 nitrogen and oxygen atoms in total. The van der Waals surface area contributed by atoms with Gasteiger partial charge in [0.1, 0.15) is 5.75 Å². The van der Waals surface area contributed by atoms with Crippen molar-refractivity contribution in [3.05, 3.63) is 35.5 Å². The fourth-order valence-corrected chi connectivity index (χ4v) is 2.47. The van der Waals surface area contributed by atoms with Gasteiger partial charge in [-0.05, 0) is 62.1 Å². The molecule has 0 aliphatic rings. The van der Waals surface area contributed by atoms with E-state index in [1.165, 1.54) is 10.9 Å². The summed E-state index contributed by atoms with van der Waals surface area (Å²) in [4.78, 5) is 4.62. The lowest BCUT2D eigenvalue weighted by molar-refractivity contribution is 0.310. The van der Waals surface area contributed by atoms with Crippen molar-refractivity contribution in [1.29, 1.82) is 0 Å². The number of hydrogen-bond donors (Lipinski definition) is 1. The van der Waals surface area contributed by atoms with E-state index in [9.17, 15) is 0 Å². The van der Waals surface area contributed by atoms with Gasteiger partial charge in [0.2, 0.25) is 0 Å². The Morgan fingerprint density at radius 2 is 2.10 bits per heavy atom. The van der Waals surface area contributed by atoms with Crippen LogP contribution in [0.15, 0.2) is 24.3 Å². The monoisotopic (exact) mass is 286 g/mol. The normalized spacial score (nSPS) is 12.6. The minimum absolute atomic E-state index is 0.472. The largest absolute Gasteiger partial charge is 0.494 e. The molecule has 0 spiro atoms. The molecule has 0 saturated carbocycles. The molecule has 2 N–H and O–H groups in total. The lowest BCUT2D eigenvalue weighted by atomic mass is 9.97. The SMILES string of the molecule is CCCCOc1ccc2nc(C)cc(CC(C)CN)c2c1. The number of hydrogen-bond acceptors (Lipinski definition) is 3. The molecule has 3 heteroatoms. The predicted octanol–water partition coefficient (Wildman–Crippen LogP) is 3.86. The first kappa shape index (κ1) is 15.8. The third-order valence-corrected chi connectivity index (χ3v) is 3.73. The van der Waals surface area contributed by atoms with Gasteiger partial charge >= 0.3 is 0 Å². The van der Waals surface area contributed by atoms with Gasteiger partial charge in [-0.2, -0.15) is 0 Å². The van der Waals surface area contributed by atoms with E-state index >= 15 is 0 Å². The van der Waals surface area contributed by atoms with Crippen LogP contribution in [-0.4, -0.2) is 18.1 Å². The van der Waals surface area contributed by atoms with Crippen molar-refractivity contribution in [2.24, 2.45) is 11.7 Å². The van der Waals surface area contributed by atoms with Gasteiger partial charge in [-0.25, -0.2) is 0 Å². The van der Waals surface area contributed by atoms with Gasteiger partial charge in [-0.3, -0.25) is 4.98 Å². The van der Waals surface area contributed by atoms with Crippen LogP contribution in [0.3, 0.4) is 0 Å². The lowest BCUT2D eigenvalue weighted by Crippen LogP contribution is -2.13. The van der Waals surface area contributed by atoms with Crippen molar-refractivity contribution in [1.82, 2.24) is 4.98 Å². The molecular formula is C18H26N2O. The molecular weight excluding hydrogens is 260 g/mol. The molecule has 0 radical (unpaired) electrons. The van der Waals surface area contributed by atoms with Gasteiger partial charge in [0.05, 0.1) is 12.1 Å². The molecule has 1 aromatic carbocycles. The molecule has 1 unspecified atom stereocenters. The summed E-state index contributed by atoms with van der Waals surface area (Å²) in [5.74, 6) is 1.41. The molecule has 114 valence electrons. The smallest absolute Gasteiger partial charge is 0.120 e. The molecule has 0 fully saturated rings. The Labute approximate surface area is 127 Å². The summed E-state index contributed by atoms with van der Waals surface area (Å²) >= 11 is 0. The molecule has 0 amide bonds. The lowest BCUT2D eigenvalue weighted by Gasteiger charge is -2.13. The highest BCUT2D eigenvalue weighted by atomic mass is 16.5. The Morgan fingerprint density at radius 1 is 1.29 bits per heavy atom. The van der Waals surface area contributed by atoms with E-state index in [0.29, 0.717) is 12.5 Å². The second kappa shape index (κ2) is 7.41. The number of nitrogens with zero attached hydrogens (tertiary/aromatic N) is 1. The molecule has 0 aliphatic heterocycles. The van der Waals surface area contributed by atoms with E-state index in [2.05, 4.69) is 37.0 Å². The maximum Gasteiger partial charge on any atom is 0.120 e. The number of ether oxygens (including phenoxy) is 1. The molecule has 2 rings (SSSR count). The van der Waals surface area contributed by atoms with E-state index in [-0.39, 0.29) is 0 Å². The van der Waals surface area contributed by atoms with Crippen molar-refractivity contribution in [2.75, 3.05) is 13.2 Å². The quantitative estimate of drug-likeness (QED) is 0.786. The van der Waals surface area contributed by atoms with Gasteiger partial charge in [0.25, 0.3) is 0 Å². The maximum absolute atomic E-state index is 5.82. The molecule has 1 atom stereocenters. The Bertz CT molecular complexity index is 595. The topological polar surface area (TPSA) is 48.1 Å². The van der Waals surface area contributed by atoms with Crippen LogP contribution in [0.2, 0.25) is 0 Å². The van der Waals surface area contributed by atoms with Gasteiger partial charge in [-0.15, -0.1) is 0 Å². The minimum Gasteiger partial charge on any atom is -0.494 e. The van der Waals surface area contributed by atoms with Crippen molar-refractivity contribution in [3.8, 4) is 5.75 Å². The molecule has 1 aromatic heterocycles. The number of rotatable bonds is 7. The van der Waals surface area contributed by atoms with E-state index in [0.717, 1.165) is 42.8 Å². The summed E-state index contributed by atoms with van der Waals surface area (Å²) in [6.45, 7) is 7.87. The van der Waals surface area contributed by atoms with Gasteiger partial charge in [0.15, 0.2) is 0 Å². The number of pyridine rings is 1. The minimum atomic E-state index is 0.472. The van der Waals surface area contributed by atoms with Gasteiger partial charge < -0.3 is 10.5 Å². The van der Waals surface area contributed by atoms with Crippen LogP contribution >= 0.6 is 0 Å². The first-order valence-corrected chi connectivity index (χ1v) is 7.87. The second-order valence-electron chi connectivity index (χ2n) is 5.85. The molecule has 0 aliphatic carbocycles. The van der Waals surface area contributed by atoms with E-state index in [1.807, 2.05) is 13.0 Å². The Hall–Kier alpha value is -1.61. The first-order valence-electron chi connectivity index (χ1n) is 7.87. The number of benzene rings is 1. The summed E-state index contributed by atoms with van der Waals surface area (Å²) in [5.41, 5.74) is 9.18. The third-order valence-electron chi connectivity index (χ3n) is 3.73. The molecule has 21 heavy (non-hydrogen) atoms. The number of fused-ring (bicyclic) bond motifs is 1. The number of nitrogens with two attached hydrogens (primary N) is 1. The average Bonchev–Trinajstić information content (AvgIpc) is 2.47. The third kappa shape index (κ3) is 4.18. The highest BCUT2D eigenvalue weighted by Crippen LogP contribution is 2.25. The van der Waals surface area contributed by atoms with Crippen LogP contribution in [-0.2, 0) is 6.42 Å². The zero-order valence-corrected chi connectivity index (χ0v) is 13.4. The van der Waals surface area contributed by atoms with E-state index < -0.39 is 0 Å². The van der Waals surface area contributed by atoms with E-state index in [4.69, 9.17) is 10.5 Å². The van der Waals surface area contributed by atoms with Crippen molar-refractivity contribution in [2.45, 2.75) is 40.0 Å². The van der Waals surface area contributed by atoms with Gasteiger partial charge in [0, 0.05) is 11.1 Å². The van der Waals surface area contributed by atoms with Crippen LogP contribution in [0.1, 0.15) is 37.9 Å². The Balaban J connectivity index is 2.33. The fourth-order valence-electron chi connectivity index (χ4n) is 2.47. The Morgan fingerprint density at radius 3 is 2.81 bits per heavy atom. The highest BCUT2D eigenvalue weighted by molar-refractivity contribution is 5.84. The summed E-state index contributed by atoms with van der Waals surface area (Å²) < 4.78 is 5.82. The second-order valence-corrected chi connectivity index (χ2v) is 5.85.